The molecular weight excluding hydrogens is 388 g/mol. The minimum absolute atomic E-state index is 0.132. The van der Waals surface area contributed by atoms with Crippen LogP contribution >= 0.6 is 35.3 Å². The van der Waals surface area contributed by atoms with Crippen LogP contribution in [0.1, 0.15) is 26.5 Å². The molecule has 1 aromatic carbocycles. The van der Waals surface area contributed by atoms with Crippen LogP contribution in [0.3, 0.4) is 0 Å². The van der Waals surface area contributed by atoms with Gasteiger partial charge in [0, 0.05) is 11.5 Å². The number of anilines is 1. The molecule has 136 valence electrons. The van der Waals surface area contributed by atoms with Crippen molar-refractivity contribution in [2.24, 2.45) is 0 Å². The Morgan fingerprint density at radius 2 is 2.08 bits per heavy atom. The van der Waals surface area contributed by atoms with E-state index in [1.165, 1.54) is 23.1 Å². The van der Waals surface area contributed by atoms with Crippen molar-refractivity contribution in [3.63, 3.8) is 0 Å². The van der Waals surface area contributed by atoms with Gasteiger partial charge in [-0.2, -0.15) is 0 Å². The van der Waals surface area contributed by atoms with Gasteiger partial charge in [0.25, 0.3) is 0 Å². The molecule has 0 atom stereocenters. The summed E-state index contributed by atoms with van der Waals surface area (Å²) >= 11 is 8.07. The molecule has 9 heteroatoms. The standard InChI is InChI=1S/C17H18N4O2S3/c1-17(2,3)12-9-14(23-20-12)18-13(22)10-25-15-19-21(16(24)26-15)11-7-5-4-6-8-11/h4-9H,10H2,1-3H3,(H,18,22). The number of hydrogen-bond acceptors (Lipinski definition) is 7. The summed E-state index contributed by atoms with van der Waals surface area (Å²) in [6, 6.07) is 11.4. The van der Waals surface area contributed by atoms with Crippen LogP contribution in [0.15, 0.2) is 45.3 Å². The fraction of sp³-hybridized carbons (Fsp3) is 0.294. The van der Waals surface area contributed by atoms with Crippen molar-refractivity contribution in [1.29, 1.82) is 0 Å². The van der Waals surface area contributed by atoms with E-state index >= 15 is 0 Å². The number of hydrogen-bond donors (Lipinski definition) is 1. The molecule has 2 aromatic heterocycles. The second-order valence-electron chi connectivity index (χ2n) is 6.54. The third kappa shape index (κ3) is 4.60. The number of para-hydroxylation sites is 1. The number of amides is 1. The summed E-state index contributed by atoms with van der Waals surface area (Å²) in [5, 5.41) is 11.2. The highest BCUT2D eigenvalue weighted by Crippen LogP contribution is 2.26. The third-order valence-corrected chi connectivity index (χ3v) is 5.76. The quantitative estimate of drug-likeness (QED) is 0.490. The minimum atomic E-state index is -0.181. The summed E-state index contributed by atoms with van der Waals surface area (Å²) in [7, 11) is 0. The molecule has 0 saturated heterocycles. The van der Waals surface area contributed by atoms with Gasteiger partial charge < -0.3 is 4.52 Å². The lowest BCUT2D eigenvalue weighted by atomic mass is 9.92. The molecule has 0 fully saturated rings. The molecule has 0 saturated carbocycles. The van der Waals surface area contributed by atoms with E-state index in [2.05, 4.69) is 15.6 Å². The van der Waals surface area contributed by atoms with Crippen LogP contribution in [0.25, 0.3) is 5.69 Å². The Morgan fingerprint density at radius 1 is 1.35 bits per heavy atom. The topological polar surface area (TPSA) is 73.0 Å². The van der Waals surface area contributed by atoms with Crippen molar-refractivity contribution < 1.29 is 9.32 Å². The molecule has 6 nitrogen and oxygen atoms in total. The van der Waals surface area contributed by atoms with E-state index in [4.69, 9.17) is 16.7 Å². The van der Waals surface area contributed by atoms with Crippen molar-refractivity contribution in [1.82, 2.24) is 14.9 Å². The number of nitrogens with zero attached hydrogens (tertiary/aromatic N) is 3. The van der Waals surface area contributed by atoms with Crippen molar-refractivity contribution in [3.05, 3.63) is 46.0 Å². The SMILES string of the molecule is CC(C)(C)c1cc(NC(=O)CSc2nn(-c3ccccc3)c(=S)s2)on1. The Bertz CT molecular complexity index is 954. The van der Waals surface area contributed by atoms with Crippen LogP contribution in [0.4, 0.5) is 5.88 Å². The van der Waals surface area contributed by atoms with Crippen molar-refractivity contribution in [3.8, 4) is 5.69 Å². The summed E-state index contributed by atoms with van der Waals surface area (Å²) in [5.41, 5.74) is 1.56. The van der Waals surface area contributed by atoms with Crippen molar-refractivity contribution in [2.75, 3.05) is 11.1 Å². The molecule has 3 aromatic rings. The highest BCUT2D eigenvalue weighted by molar-refractivity contribution is 8.01. The zero-order chi connectivity index (χ0) is 18.7. The number of rotatable bonds is 5. The highest BCUT2D eigenvalue weighted by Gasteiger charge is 2.19. The van der Waals surface area contributed by atoms with Gasteiger partial charge in [0.05, 0.1) is 17.1 Å². The van der Waals surface area contributed by atoms with Gasteiger partial charge in [0.2, 0.25) is 11.8 Å². The Kier molecular flexibility index (Phi) is 5.59. The van der Waals surface area contributed by atoms with Crippen LogP contribution in [0.2, 0.25) is 0 Å². The van der Waals surface area contributed by atoms with Gasteiger partial charge >= 0.3 is 0 Å². The molecule has 2 heterocycles. The van der Waals surface area contributed by atoms with Crippen LogP contribution < -0.4 is 5.32 Å². The fourth-order valence-electron chi connectivity index (χ4n) is 2.04. The van der Waals surface area contributed by atoms with Crippen LogP contribution in [-0.4, -0.2) is 26.6 Å². The maximum atomic E-state index is 12.1. The summed E-state index contributed by atoms with van der Waals surface area (Å²) in [5.74, 6) is 0.379. The first-order valence-electron chi connectivity index (χ1n) is 7.88. The normalized spacial score (nSPS) is 11.5. The molecule has 0 aliphatic carbocycles. The molecule has 26 heavy (non-hydrogen) atoms. The average molecular weight is 407 g/mol. The van der Waals surface area contributed by atoms with Crippen LogP contribution in [0, 0.1) is 3.95 Å². The van der Waals surface area contributed by atoms with Gasteiger partial charge in [-0.25, -0.2) is 4.68 Å². The second kappa shape index (κ2) is 7.73. The maximum Gasteiger partial charge on any atom is 0.237 e. The van der Waals surface area contributed by atoms with Gasteiger partial charge in [0.1, 0.15) is 0 Å². The molecule has 0 bridgehead atoms. The molecule has 0 aliphatic heterocycles. The van der Waals surface area contributed by atoms with E-state index < -0.39 is 0 Å². The van der Waals surface area contributed by atoms with Gasteiger partial charge in [-0.15, -0.1) is 5.10 Å². The first kappa shape index (κ1) is 18.8. The van der Waals surface area contributed by atoms with Crippen molar-refractivity contribution in [2.45, 2.75) is 30.5 Å². The Balaban J connectivity index is 1.60. The molecular formula is C17H18N4O2S3. The first-order chi connectivity index (χ1) is 12.3. The van der Waals surface area contributed by atoms with Gasteiger partial charge in [-0.05, 0) is 24.4 Å². The summed E-state index contributed by atoms with van der Waals surface area (Å²) in [6.07, 6.45) is 0. The van der Waals surface area contributed by atoms with E-state index in [0.717, 1.165) is 15.7 Å². The number of carbonyl (C=O) groups excluding carboxylic acids is 1. The predicted octanol–water partition coefficient (Wildman–Crippen LogP) is 4.68. The van der Waals surface area contributed by atoms with E-state index in [9.17, 15) is 4.79 Å². The predicted molar refractivity (Wildman–Crippen MR) is 107 cm³/mol. The second-order valence-corrected chi connectivity index (χ2v) is 9.39. The first-order valence-corrected chi connectivity index (χ1v) is 10.1. The van der Waals surface area contributed by atoms with Gasteiger partial charge in [0.15, 0.2) is 8.29 Å². The van der Waals surface area contributed by atoms with Crippen molar-refractivity contribution >= 4 is 47.1 Å². The van der Waals surface area contributed by atoms with E-state index in [1.54, 1.807) is 10.7 Å². The zero-order valence-electron chi connectivity index (χ0n) is 14.6. The minimum Gasteiger partial charge on any atom is -0.338 e. The highest BCUT2D eigenvalue weighted by atomic mass is 32.2. The number of carbonyl (C=O) groups is 1. The Labute approximate surface area is 164 Å². The molecule has 0 spiro atoms. The molecule has 1 amide bonds. The number of nitrogens with one attached hydrogen (secondary N) is 1. The Morgan fingerprint density at radius 3 is 2.73 bits per heavy atom. The fourth-order valence-corrected chi connectivity index (χ4v) is 4.20. The Hall–Kier alpha value is -1.97. The molecule has 0 radical (unpaired) electrons. The van der Waals surface area contributed by atoms with Crippen LogP contribution in [0.5, 0.6) is 0 Å². The lowest BCUT2D eigenvalue weighted by Gasteiger charge is -2.12. The molecule has 0 unspecified atom stereocenters. The monoisotopic (exact) mass is 406 g/mol. The third-order valence-electron chi connectivity index (χ3n) is 3.40. The number of thioether (sulfide) groups is 1. The summed E-state index contributed by atoms with van der Waals surface area (Å²) in [6.45, 7) is 6.09. The van der Waals surface area contributed by atoms with E-state index in [-0.39, 0.29) is 17.1 Å². The smallest absolute Gasteiger partial charge is 0.237 e. The summed E-state index contributed by atoms with van der Waals surface area (Å²) < 4.78 is 8.25. The average Bonchev–Trinajstić information content (AvgIpc) is 3.20. The maximum absolute atomic E-state index is 12.1. The van der Waals surface area contributed by atoms with E-state index in [1.807, 2.05) is 51.1 Å². The molecule has 1 N–H and O–H groups in total. The summed E-state index contributed by atoms with van der Waals surface area (Å²) in [4.78, 5) is 12.1. The van der Waals surface area contributed by atoms with E-state index in [0.29, 0.717) is 9.84 Å². The molecule has 3 rings (SSSR count). The lowest BCUT2D eigenvalue weighted by molar-refractivity contribution is -0.113. The zero-order valence-corrected chi connectivity index (χ0v) is 17.0. The number of aromatic nitrogens is 3. The lowest BCUT2D eigenvalue weighted by Crippen LogP contribution is -2.14. The van der Waals surface area contributed by atoms with Crippen LogP contribution in [-0.2, 0) is 10.2 Å². The molecule has 0 aliphatic rings. The number of benzene rings is 1. The largest absolute Gasteiger partial charge is 0.338 e. The van der Waals surface area contributed by atoms with Gasteiger partial charge in [-0.3, -0.25) is 10.1 Å². The van der Waals surface area contributed by atoms with Gasteiger partial charge in [-0.1, -0.05) is 67.2 Å².